The van der Waals surface area contributed by atoms with E-state index in [0.717, 1.165) is 31.2 Å². The Morgan fingerprint density at radius 2 is 1.89 bits per heavy atom. The number of carbonyl (C=O) groups excluding carboxylic acids is 2. The molecular weight excluding hydrogens is 340 g/mol. The topological polar surface area (TPSA) is 75.2 Å². The number of nitrogens with one attached hydrogen (secondary N) is 1. The van der Waals surface area contributed by atoms with Crippen molar-refractivity contribution < 1.29 is 9.59 Å². The van der Waals surface area contributed by atoms with Gasteiger partial charge < -0.3 is 10.2 Å². The highest BCUT2D eigenvalue weighted by Gasteiger charge is 2.18. The van der Waals surface area contributed by atoms with Gasteiger partial charge in [0.15, 0.2) is 0 Å². The minimum Gasteiger partial charge on any atom is -0.356 e. The van der Waals surface area contributed by atoms with Gasteiger partial charge in [-0.3, -0.25) is 14.6 Å². The lowest BCUT2D eigenvalue weighted by Crippen LogP contribution is -2.37. The van der Waals surface area contributed by atoms with Crippen molar-refractivity contribution in [3.63, 3.8) is 0 Å². The Balaban J connectivity index is 1.92. The first kappa shape index (κ1) is 20.6. The Bertz CT molecular complexity index is 692. The van der Waals surface area contributed by atoms with Crippen LogP contribution in [0.3, 0.4) is 0 Å². The van der Waals surface area contributed by atoms with E-state index in [0.29, 0.717) is 25.3 Å². The predicted molar refractivity (Wildman–Crippen MR) is 105 cm³/mol. The molecule has 0 atom stereocenters. The van der Waals surface area contributed by atoms with E-state index in [1.54, 1.807) is 4.90 Å². The minimum atomic E-state index is -0.196. The van der Waals surface area contributed by atoms with Gasteiger partial charge in [0.25, 0.3) is 5.91 Å². The molecule has 1 aromatic carbocycles. The highest BCUT2D eigenvalue weighted by Crippen LogP contribution is 2.06. The van der Waals surface area contributed by atoms with Gasteiger partial charge in [0.2, 0.25) is 5.91 Å². The molecular formula is C21H28N4O2. The first-order valence-electron chi connectivity index (χ1n) is 9.56. The molecule has 0 spiro atoms. The van der Waals surface area contributed by atoms with E-state index >= 15 is 0 Å². The normalized spacial score (nSPS) is 10.4. The molecule has 1 heterocycles. The zero-order valence-corrected chi connectivity index (χ0v) is 15.9. The molecule has 144 valence electrons. The highest BCUT2D eigenvalue weighted by atomic mass is 16.2. The number of unbranched alkanes of at least 4 members (excludes halogenated alkanes) is 2. The number of rotatable bonds is 11. The molecule has 0 aliphatic rings. The Morgan fingerprint density at radius 1 is 1.07 bits per heavy atom. The Kier molecular flexibility index (Phi) is 8.96. The summed E-state index contributed by atoms with van der Waals surface area (Å²) in [5, 5.41) is 2.92. The summed E-state index contributed by atoms with van der Waals surface area (Å²) in [4.78, 5) is 34.6. The quantitative estimate of drug-likeness (QED) is 0.619. The summed E-state index contributed by atoms with van der Waals surface area (Å²) in [6, 6.07) is 9.99. The van der Waals surface area contributed by atoms with Crippen molar-refractivity contribution in [2.45, 2.75) is 39.0 Å². The lowest BCUT2D eigenvalue weighted by Gasteiger charge is -2.22. The van der Waals surface area contributed by atoms with Crippen molar-refractivity contribution in [2.24, 2.45) is 0 Å². The van der Waals surface area contributed by atoms with Crippen LogP contribution in [-0.4, -0.2) is 46.3 Å². The second-order valence-electron chi connectivity index (χ2n) is 6.43. The summed E-state index contributed by atoms with van der Waals surface area (Å²) in [7, 11) is 0. The van der Waals surface area contributed by atoms with Crippen LogP contribution in [0.5, 0.6) is 0 Å². The Hall–Kier alpha value is -2.76. The van der Waals surface area contributed by atoms with Crippen LogP contribution in [0.1, 0.15) is 48.7 Å². The number of hydrogen-bond acceptors (Lipinski definition) is 4. The molecule has 0 fully saturated rings. The van der Waals surface area contributed by atoms with Crippen molar-refractivity contribution in [1.29, 1.82) is 0 Å². The summed E-state index contributed by atoms with van der Waals surface area (Å²) in [5.41, 5.74) is 1.45. The van der Waals surface area contributed by atoms with E-state index in [9.17, 15) is 9.59 Å². The number of hydrogen-bond donors (Lipinski definition) is 1. The fraction of sp³-hybridized carbons (Fsp3) is 0.429. The summed E-state index contributed by atoms with van der Waals surface area (Å²) in [5.74, 6) is -0.222. The average molecular weight is 368 g/mol. The molecule has 0 aliphatic heterocycles. The summed E-state index contributed by atoms with van der Waals surface area (Å²) < 4.78 is 0. The lowest BCUT2D eigenvalue weighted by molar-refractivity contribution is -0.121. The molecule has 27 heavy (non-hydrogen) atoms. The van der Waals surface area contributed by atoms with Crippen molar-refractivity contribution in [2.75, 3.05) is 19.6 Å². The van der Waals surface area contributed by atoms with Crippen molar-refractivity contribution >= 4 is 11.8 Å². The van der Waals surface area contributed by atoms with E-state index in [4.69, 9.17) is 0 Å². The summed E-state index contributed by atoms with van der Waals surface area (Å²) in [6.45, 7) is 3.71. The number of nitrogens with zero attached hydrogens (tertiary/aromatic N) is 3. The fourth-order valence-corrected chi connectivity index (χ4v) is 2.72. The van der Waals surface area contributed by atoms with Gasteiger partial charge >= 0.3 is 0 Å². The van der Waals surface area contributed by atoms with E-state index in [2.05, 4.69) is 22.2 Å². The van der Waals surface area contributed by atoms with Crippen LogP contribution in [0.2, 0.25) is 0 Å². The third-order valence-electron chi connectivity index (χ3n) is 4.29. The Morgan fingerprint density at radius 3 is 2.59 bits per heavy atom. The largest absolute Gasteiger partial charge is 0.356 e. The van der Waals surface area contributed by atoms with Gasteiger partial charge in [-0.1, -0.05) is 50.1 Å². The molecule has 0 bridgehead atoms. The second kappa shape index (κ2) is 11.8. The second-order valence-corrected chi connectivity index (χ2v) is 6.43. The molecule has 2 rings (SSSR count). The van der Waals surface area contributed by atoms with Crippen LogP contribution < -0.4 is 5.32 Å². The van der Waals surface area contributed by atoms with E-state index in [1.165, 1.54) is 18.6 Å². The number of benzene rings is 1. The first-order valence-corrected chi connectivity index (χ1v) is 9.56. The zero-order valence-electron chi connectivity index (χ0n) is 15.9. The number of aromatic nitrogens is 2. The molecule has 6 heteroatoms. The van der Waals surface area contributed by atoms with Crippen LogP contribution in [-0.2, 0) is 11.2 Å². The van der Waals surface area contributed by atoms with Gasteiger partial charge in [0.05, 0.1) is 6.20 Å². The molecule has 1 aromatic heterocycles. The fourth-order valence-electron chi connectivity index (χ4n) is 2.72. The van der Waals surface area contributed by atoms with Gasteiger partial charge in [0.1, 0.15) is 5.69 Å². The van der Waals surface area contributed by atoms with Gasteiger partial charge in [-0.2, -0.15) is 0 Å². The van der Waals surface area contributed by atoms with Crippen molar-refractivity contribution in [3.8, 4) is 0 Å². The smallest absolute Gasteiger partial charge is 0.274 e. The monoisotopic (exact) mass is 368 g/mol. The summed E-state index contributed by atoms with van der Waals surface area (Å²) in [6.07, 6.45) is 8.72. The molecule has 0 aliphatic carbocycles. The maximum atomic E-state index is 12.8. The molecule has 0 unspecified atom stereocenters. The van der Waals surface area contributed by atoms with Crippen molar-refractivity contribution in [1.82, 2.24) is 20.2 Å². The van der Waals surface area contributed by atoms with E-state index < -0.39 is 0 Å². The van der Waals surface area contributed by atoms with Crippen LogP contribution >= 0.6 is 0 Å². The van der Waals surface area contributed by atoms with Crippen molar-refractivity contribution in [3.05, 3.63) is 60.2 Å². The van der Waals surface area contributed by atoms with E-state index in [-0.39, 0.29) is 18.2 Å². The van der Waals surface area contributed by atoms with Crippen LogP contribution in [0, 0.1) is 0 Å². The molecule has 0 saturated carbocycles. The highest BCUT2D eigenvalue weighted by molar-refractivity contribution is 5.92. The van der Waals surface area contributed by atoms with E-state index in [1.807, 2.05) is 30.3 Å². The number of amides is 2. The zero-order chi connectivity index (χ0) is 19.3. The molecule has 6 nitrogen and oxygen atoms in total. The summed E-state index contributed by atoms with van der Waals surface area (Å²) >= 11 is 0. The average Bonchev–Trinajstić information content (AvgIpc) is 2.72. The lowest BCUT2D eigenvalue weighted by atomic mass is 10.1. The van der Waals surface area contributed by atoms with Gasteiger partial charge in [-0.25, -0.2) is 4.98 Å². The van der Waals surface area contributed by atoms with Gasteiger partial charge in [0, 0.05) is 38.4 Å². The molecule has 1 N–H and O–H groups in total. The van der Waals surface area contributed by atoms with Crippen LogP contribution in [0.25, 0.3) is 0 Å². The molecule has 0 saturated heterocycles. The maximum absolute atomic E-state index is 12.8. The third-order valence-corrected chi connectivity index (χ3v) is 4.29. The maximum Gasteiger partial charge on any atom is 0.274 e. The number of carbonyl (C=O) groups is 2. The Labute approximate surface area is 161 Å². The minimum absolute atomic E-state index is 0.0252. The predicted octanol–water partition coefficient (Wildman–Crippen LogP) is 2.86. The SMILES string of the molecule is CCCCCNC(=O)CCN(CCc1ccccc1)C(=O)c1cnccn1. The van der Waals surface area contributed by atoms with Gasteiger partial charge in [-0.15, -0.1) is 0 Å². The third kappa shape index (κ3) is 7.56. The first-order chi connectivity index (χ1) is 13.2. The van der Waals surface area contributed by atoms with Crippen LogP contribution in [0.15, 0.2) is 48.9 Å². The molecule has 0 radical (unpaired) electrons. The van der Waals surface area contributed by atoms with Crippen LogP contribution in [0.4, 0.5) is 0 Å². The molecule has 2 amide bonds. The standard InChI is InChI=1S/C21H28N4O2/c1-2-3-7-12-24-20(26)11-16-25(15-10-18-8-5-4-6-9-18)21(27)19-17-22-13-14-23-19/h4-6,8-9,13-14,17H,2-3,7,10-12,15-16H2,1H3,(H,24,26). The molecule has 2 aromatic rings. The van der Waals surface area contributed by atoms with Gasteiger partial charge in [-0.05, 0) is 18.4 Å².